The van der Waals surface area contributed by atoms with Crippen LogP contribution in [-0.2, 0) is 6.42 Å². The van der Waals surface area contributed by atoms with Crippen molar-refractivity contribution in [1.29, 1.82) is 0 Å². The van der Waals surface area contributed by atoms with Crippen LogP contribution in [0.5, 0.6) is 5.75 Å². The van der Waals surface area contributed by atoms with Crippen LogP contribution in [-0.4, -0.2) is 11.1 Å². The standard InChI is InChI=1S/C16H23NO/c18-14-10-9-12-5-4-8-16(15(12)11-14)17-13-6-2-1-3-7-13/h9-11,13,16-18H,1-8H2. The zero-order chi connectivity index (χ0) is 12.4. The molecule has 98 valence electrons. The van der Waals surface area contributed by atoms with Crippen molar-refractivity contribution in [2.24, 2.45) is 0 Å². The van der Waals surface area contributed by atoms with Crippen molar-refractivity contribution in [2.45, 2.75) is 63.5 Å². The Balaban J connectivity index is 1.75. The van der Waals surface area contributed by atoms with E-state index in [4.69, 9.17) is 0 Å². The van der Waals surface area contributed by atoms with E-state index in [9.17, 15) is 5.11 Å². The van der Waals surface area contributed by atoms with Gasteiger partial charge in [-0.3, -0.25) is 0 Å². The first-order valence-electron chi connectivity index (χ1n) is 7.41. The zero-order valence-electron chi connectivity index (χ0n) is 11.0. The minimum Gasteiger partial charge on any atom is -0.508 e. The Morgan fingerprint density at radius 1 is 1.00 bits per heavy atom. The molecule has 2 N–H and O–H groups in total. The van der Waals surface area contributed by atoms with Crippen LogP contribution in [0.1, 0.15) is 62.1 Å². The van der Waals surface area contributed by atoms with Crippen molar-refractivity contribution < 1.29 is 5.11 Å². The second-order valence-electron chi connectivity index (χ2n) is 5.83. The number of rotatable bonds is 2. The summed E-state index contributed by atoms with van der Waals surface area (Å²) >= 11 is 0. The number of hydrogen-bond acceptors (Lipinski definition) is 2. The first-order valence-corrected chi connectivity index (χ1v) is 7.41. The molecule has 18 heavy (non-hydrogen) atoms. The number of fused-ring (bicyclic) bond motifs is 1. The van der Waals surface area contributed by atoms with Crippen LogP contribution in [0.15, 0.2) is 18.2 Å². The zero-order valence-corrected chi connectivity index (χ0v) is 11.0. The van der Waals surface area contributed by atoms with Crippen LogP contribution in [0.2, 0.25) is 0 Å². The monoisotopic (exact) mass is 245 g/mol. The van der Waals surface area contributed by atoms with Crippen LogP contribution in [0.4, 0.5) is 0 Å². The lowest BCUT2D eigenvalue weighted by Gasteiger charge is -2.32. The van der Waals surface area contributed by atoms with Crippen molar-refractivity contribution in [3.63, 3.8) is 0 Å². The quantitative estimate of drug-likeness (QED) is 0.833. The average Bonchev–Trinajstić information content (AvgIpc) is 2.41. The molecule has 0 aliphatic heterocycles. The van der Waals surface area contributed by atoms with E-state index in [1.165, 1.54) is 62.5 Å². The molecule has 1 unspecified atom stereocenters. The molecule has 0 saturated heterocycles. The molecule has 1 aromatic rings. The smallest absolute Gasteiger partial charge is 0.115 e. The van der Waals surface area contributed by atoms with Crippen molar-refractivity contribution in [3.05, 3.63) is 29.3 Å². The van der Waals surface area contributed by atoms with E-state index in [0.29, 0.717) is 17.8 Å². The van der Waals surface area contributed by atoms with E-state index in [0.717, 1.165) is 0 Å². The maximum Gasteiger partial charge on any atom is 0.115 e. The first-order chi connectivity index (χ1) is 8.83. The predicted molar refractivity (Wildman–Crippen MR) is 73.8 cm³/mol. The molecule has 3 rings (SSSR count). The molecule has 0 spiro atoms. The topological polar surface area (TPSA) is 32.3 Å². The Bertz CT molecular complexity index is 410. The van der Waals surface area contributed by atoms with E-state index >= 15 is 0 Å². The summed E-state index contributed by atoms with van der Waals surface area (Å²) in [5, 5.41) is 13.5. The summed E-state index contributed by atoms with van der Waals surface area (Å²) in [4.78, 5) is 0. The largest absolute Gasteiger partial charge is 0.508 e. The summed E-state index contributed by atoms with van der Waals surface area (Å²) in [5.74, 6) is 0.408. The fraction of sp³-hybridized carbons (Fsp3) is 0.625. The van der Waals surface area contributed by atoms with E-state index in [1.54, 1.807) is 0 Å². The Morgan fingerprint density at radius 3 is 2.67 bits per heavy atom. The van der Waals surface area contributed by atoms with Crippen molar-refractivity contribution >= 4 is 0 Å². The number of hydrogen-bond donors (Lipinski definition) is 2. The maximum absolute atomic E-state index is 9.68. The fourth-order valence-electron chi connectivity index (χ4n) is 3.51. The van der Waals surface area contributed by atoms with Gasteiger partial charge in [-0.05, 0) is 55.4 Å². The summed E-state index contributed by atoms with van der Waals surface area (Å²) in [7, 11) is 0. The minimum absolute atomic E-state index is 0.408. The van der Waals surface area contributed by atoms with Gasteiger partial charge in [0.2, 0.25) is 0 Å². The van der Waals surface area contributed by atoms with Crippen molar-refractivity contribution in [3.8, 4) is 5.75 Å². The van der Waals surface area contributed by atoms with Gasteiger partial charge in [0.25, 0.3) is 0 Å². The highest BCUT2D eigenvalue weighted by molar-refractivity contribution is 5.38. The fourth-order valence-corrected chi connectivity index (χ4v) is 3.51. The van der Waals surface area contributed by atoms with E-state index in [1.807, 2.05) is 12.1 Å². The summed E-state index contributed by atoms with van der Waals surface area (Å²) in [6, 6.07) is 7.04. The second-order valence-corrected chi connectivity index (χ2v) is 5.83. The molecule has 2 aliphatic rings. The molecule has 1 aromatic carbocycles. The van der Waals surface area contributed by atoms with Crippen LogP contribution in [0.3, 0.4) is 0 Å². The summed E-state index contributed by atoms with van der Waals surface area (Å²) in [5.41, 5.74) is 2.76. The van der Waals surface area contributed by atoms with Gasteiger partial charge in [0.15, 0.2) is 0 Å². The molecular formula is C16H23NO. The highest BCUT2D eigenvalue weighted by Gasteiger charge is 2.23. The molecule has 2 heteroatoms. The van der Waals surface area contributed by atoms with Crippen LogP contribution in [0.25, 0.3) is 0 Å². The normalized spacial score (nSPS) is 24.8. The lowest BCUT2D eigenvalue weighted by atomic mass is 9.86. The van der Waals surface area contributed by atoms with Gasteiger partial charge < -0.3 is 10.4 Å². The lowest BCUT2D eigenvalue weighted by molar-refractivity contribution is 0.320. The van der Waals surface area contributed by atoms with Gasteiger partial charge in [0.05, 0.1) is 0 Å². The average molecular weight is 245 g/mol. The Kier molecular flexibility index (Phi) is 3.55. The SMILES string of the molecule is Oc1ccc2c(c1)C(NC1CCCCC1)CCC2. The number of nitrogens with one attached hydrogen (secondary N) is 1. The molecular weight excluding hydrogens is 222 g/mol. The number of benzene rings is 1. The lowest BCUT2D eigenvalue weighted by Crippen LogP contribution is -2.36. The summed E-state index contributed by atoms with van der Waals surface area (Å²) < 4.78 is 0. The highest BCUT2D eigenvalue weighted by Crippen LogP contribution is 2.33. The van der Waals surface area contributed by atoms with Gasteiger partial charge in [0.1, 0.15) is 5.75 Å². The summed E-state index contributed by atoms with van der Waals surface area (Å²) in [6.07, 6.45) is 10.4. The van der Waals surface area contributed by atoms with Gasteiger partial charge in [-0.1, -0.05) is 25.3 Å². The molecule has 0 radical (unpaired) electrons. The molecule has 1 saturated carbocycles. The van der Waals surface area contributed by atoms with E-state index in [-0.39, 0.29) is 0 Å². The number of phenolic OH excluding ortho intramolecular Hbond substituents is 1. The minimum atomic E-state index is 0.408. The summed E-state index contributed by atoms with van der Waals surface area (Å²) in [6.45, 7) is 0. The Hall–Kier alpha value is -1.02. The van der Waals surface area contributed by atoms with E-state index < -0.39 is 0 Å². The van der Waals surface area contributed by atoms with Crippen molar-refractivity contribution in [1.82, 2.24) is 5.32 Å². The molecule has 1 atom stereocenters. The molecule has 2 aliphatic carbocycles. The number of aryl methyl sites for hydroxylation is 1. The Labute approximate surface area is 109 Å². The molecule has 0 aromatic heterocycles. The van der Waals surface area contributed by atoms with Gasteiger partial charge in [-0.25, -0.2) is 0 Å². The van der Waals surface area contributed by atoms with Gasteiger partial charge in [0, 0.05) is 12.1 Å². The number of phenols is 1. The third-order valence-corrected chi connectivity index (χ3v) is 4.49. The molecule has 2 nitrogen and oxygen atoms in total. The molecule has 0 heterocycles. The van der Waals surface area contributed by atoms with Crippen LogP contribution in [0, 0.1) is 0 Å². The van der Waals surface area contributed by atoms with E-state index in [2.05, 4.69) is 11.4 Å². The molecule has 1 fully saturated rings. The third kappa shape index (κ3) is 2.54. The van der Waals surface area contributed by atoms with Crippen LogP contribution < -0.4 is 5.32 Å². The maximum atomic E-state index is 9.68. The highest BCUT2D eigenvalue weighted by atomic mass is 16.3. The Morgan fingerprint density at radius 2 is 1.83 bits per heavy atom. The number of aromatic hydroxyl groups is 1. The second kappa shape index (κ2) is 5.31. The van der Waals surface area contributed by atoms with Gasteiger partial charge in [-0.2, -0.15) is 0 Å². The first kappa shape index (κ1) is 12.0. The molecule has 0 bridgehead atoms. The third-order valence-electron chi connectivity index (χ3n) is 4.49. The van der Waals surface area contributed by atoms with Gasteiger partial charge >= 0.3 is 0 Å². The molecule has 0 amide bonds. The van der Waals surface area contributed by atoms with Crippen LogP contribution >= 0.6 is 0 Å². The van der Waals surface area contributed by atoms with Gasteiger partial charge in [-0.15, -0.1) is 0 Å². The van der Waals surface area contributed by atoms with Crippen molar-refractivity contribution in [2.75, 3.05) is 0 Å². The predicted octanol–water partition coefficient (Wildman–Crippen LogP) is 3.69.